The van der Waals surface area contributed by atoms with Gasteiger partial charge in [-0.05, 0) is 44.7 Å². The van der Waals surface area contributed by atoms with E-state index in [0.29, 0.717) is 0 Å². The minimum absolute atomic E-state index is 1.10. The average Bonchev–Trinajstić information content (AvgIpc) is 2.19. The molecular formula is C15H24. The number of rotatable bonds is 3. The molecule has 1 rings (SSSR count). The largest absolute Gasteiger partial charge is 0.100 e. The molecule has 0 N–H and O–H groups in total. The van der Waals surface area contributed by atoms with Crippen LogP contribution in [-0.2, 0) is 6.42 Å². The molecule has 0 aliphatic rings. The minimum atomic E-state index is 1.10. The molecule has 0 radical (unpaired) electrons. The second-order valence-corrected chi connectivity index (χ2v) is 3.89. The van der Waals surface area contributed by atoms with E-state index >= 15 is 0 Å². The molecule has 84 valence electrons. The fraction of sp³-hybridized carbons (Fsp3) is 0.467. The van der Waals surface area contributed by atoms with Crippen molar-refractivity contribution in [3.63, 3.8) is 0 Å². The molecule has 15 heavy (non-hydrogen) atoms. The monoisotopic (exact) mass is 204 g/mol. The van der Waals surface area contributed by atoms with Crippen LogP contribution >= 0.6 is 0 Å². The van der Waals surface area contributed by atoms with Crippen LogP contribution < -0.4 is 0 Å². The van der Waals surface area contributed by atoms with E-state index in [-0.39, 0.29) is 0 Å². The molecule has 0 aliphatic heterocycles. The molecule has 0 aliphatic carbocycles. The molecule has 0 aromatic heterocycles. The highest BCUT2D eigenvalue weighted by atomic mass is 14.0. The summed E-state index contributed by atoms with van der Waals surface area (Å²) in [6.07, 6.45) is 2.23. The van der Waals surface area contributed by atoms with E-state index in [2.05, 4.69) is 45.5 Å². The summed E-state index contributed by atoms with van der Waals surface area (Å²) in [7, 11) is 0. The van der Waals surface area contributed by atoms with Gasteiger partial charge in [0.15, 0.2) is 0 Å². The zero-order valence-electron chi connectivity index (χ0n) is 10.9. The molecule has 0 saturated carbocycles. The normalized spacial score (nSPS) is 9.13. The number of hydrogen-bond donors (Lipinski definition) is 0. The molecule has 0 heterocycles. The van der Waals surface area contributed by atoms with Crippen LogP contribution in [0.5, 0.6) is 0 Å². The topological polar surface area (TPSA) is 0 Å². The van der Waals surface area contributed by atoms with Crippen LogP contribution in [0, 0.1) is 13.8 Å². The summed E-state index contributed by atoms with van der Waals surface area (Å²) in [6.45, 7) is 14.3. The standard InChI is InChI=1S/C13H18.C2H6/c1-10(2)5-7-13-8-6-11(3)9-12(13)4;1-2/h6,8-9H,1,5,7H2,2-4H3;1-2H3. The lowest BCUT2D eigenvalue weighted by Crippen LogP contribution is -1.90. The maximum Gasteiger partial charge on any atom is -0.0239 e. The Morgan fingerprint density at radius 3 is 2.27 bits per heavy atom. The predicted octanol–water partition coefficient (Wildman–Crippen LogP) is 4.84. The lowest BCUT2D eigenvalue weighted by molar-refractivity contribution is 0.935. The van der Waals surface area contributed by atoms with Crippen molar-refractivity contribution in [2.75, 3.05) is 0 Å². The van der Waals surface area contributed by atoms with Gasteiger partial charge in [0.1, 0.15) is 0 Å². The van der Waals surface area contributed by atoms with Crippen molar-refractivity contribution in [3.8, 4) is 0 Å². The van der Waals surface area contributed by atoms with Crippen LogP contribution in [0.15, 0.2) is 30.4 Å². The van der Waals surface area contributed by atoms with Gasteiger partial charge in [0.05, 0.1) is 0 Å². The van der Waals surface area contributed by atoms with Crippen LogP contribution in [0.1, 0.15) is 43.9 Å². The van der Waals surface area contributed by atoms with Crippen molar-refractivity contribution < 1.29 is 0 Å². The first-order valence-electron chi connectivity index (χ1n) is 5.80. The van der Waals surface area contributed by atoms with Crippen molar-refractivity contribution in [1.82, 2.24) is 0 Å². The molecule has 0 saturated heterocycles. The van der Waals surface area contributed by atoms with Crippen molar-refractivity contribution in [1.29, 1.82) is 0 Å². The number of allylic oxidation sites excluding steroid dienone is 1. The van der Waals surface area contributed by atoms with Gasteiger partial charge in [-0.3, -0.25) is 0 Å². The second-order valence-electron chi connectivity index (χ2n) is 3.89. The highest BCUT2D eigenvalue weighted by Gasteiger charge is 1.98. The van der Waals surface area contributed by atoms with Crippen LogP contribution in [0.4, 0.5) is 0 Å². The molecular weight excluding hydrogens is 180 g/mol. The Hall–Kier alpha value is -1.04. The summed E-state index contributed by atoms with van der Waals surface area (Å²) in [5.41, 5.74) is 5.46. The molecule has 1 aromatic rings. The Labute approximate surface area is 95.0 Å². The Balaban J connectivity index is 0.000000921. The van der Waals surface area contributed by atoms with E-state index < -0.39 is 0 Å². The average molecular weight is 204 g/mol. The van der Waals surface area contributed by atoms with Crippen molar-refractivity contribution in [2.45, 2.75) is 47.5 Å². The third kappa shape index (κ3) is 5.41. The van der Waals surface area contributed by atoms with E-state index in [1.54, 1.807) is 0 Å². The molecule has 0 spiro atoms. The van der Waals surface area contributed by atoms with Crippen molar-refractivity contribution in [2.24, 2.45) is 0 Å². The maximum atomic E-state index is 3.92. The Kier molecular flexibility index (Phi) is 6.77. The zero-order chi connectivity index (χ0) is 11.8. The van der Waals surface area contributed by atoms with Gasteiger partial charge in [0.25, 0.3) is 0 Å². The SMILES string of the molecule is C=C(C)CCc1ccc(C)cc1C.CC. The van der Waals surface area contributed by atoms with Crippen molar-refractivity contribution in [3.05, 3.63) is 47.0 Å². The molecule has 0 nitrogen and oxygen atoms in total. The lowest BCUT2D eigenvalue weighted by Gasteiger charge is -2.06. The quantitative estimate of drug-likeness (QED) is 0.618. The summed E-state index contributed by atoms with van der Waals surface area (Å²) >= 11 is 0. The van der Waals surface area contributed by atoms with Gasteiger partial charge >= 0.3 is 0 Å². The van der Waals surface area contributed by atoms with Gasteiger partial charge in [0, 0.05) is 0 Å². The zero-order valence-corrected chi connectivity index (χ0v) is 10.9. The summed E-state index contributed by atoms with van der Waals surface area (Å²) in [6, 6.07) is 6.65. The maximum absolute atomic E-state index is 3.92. The van der Waals surface area contributed by atoms with Gasteiger partial charge in [-0.15, -0.1) is 6.58 Å². The highest BCUT2D eigenvalue weighted by Crippen LogP contribution is 2.14. The van der Waals surface area contributed by atoms with Crippen LogP contribution in [0.25, 0.3) is 0 Å². The summed E-state index contributed by atoms with van der Waals surface area (Å²) in [4.78, 5) is 0. The lowest BCUT2D eigenvalue weighted by atomic mass is 10.00. The first-order chi connectivity index (χ1) is 7.09. The first kappa shape index (κ1) is 14.0. The van der Waals surface area contributed by atoms with E-state index in [9.17, 15) is 0 Å². The van der Waals surface area contributed by atoms with Gasteiger partial charge in [-0.25, -0.2) is 0 Å². The Morgan fingerprint density at radius 2 is 1.80 bits per heavy atom. The minimum Gasteiger partial charge on any atom is -0.100 e. The molecule has 0 amide bonds. The fourth-order valence-electron chi connectivity index (χ4n) is 1.47. The second kappa shape index (κ2) is 7.28. The predicted molar refractivity (Wildman–Crippen MR) is 70.4 cm³/mol. The molecule has 0 heteroatoms. The molecule has 1 aromatic carbocycles. The van der Waals surface area contributed by atoms with E-state index in [1.807, 2.05) is 13.8 Å². The van der Waals surface area contributed by atoms with Gasteiger partial charge < -0.3 is 0 Å². The summed E-state index contributed by atoms with van der Waals surface area (Å²) < 4.78 is 0. The fourth-order valence-corrected chi connectivity index (χ4v) is 1.47. The smallest absolute Gasteiger partial charge is 0.0239 e. The Morgan fingerprint density at radius 1 is 1.20 bits per heavy atom. The highest BCUT2D eigenvalue weighted by molar-refractivity contribution is 5.30. The third-order valence-electron chi connectivity index (χ3n) is 2.32. The molecule has 0 atom stereocenters. The van der Waals surface area contributed by atoms with Crippen LogP contribution in [-0.4, -0.2) is 0 Å². The van der Waals surface area contributed by atoms with Gasteiger partial charge in [0.2, 0.25) is 0 Å². The van der Waals surface area contributed by atoms with E-state index in [1.165, 1.54) is 22.3 Å². The molecule has 0 bridgehead atoms. The van der Waals surface area contributed by atoms with Crippen molar-refractivity contribution >= 4 is 0 Å². The summed E-state index contributed by atoms with van der Waals surface area (Å²) in [5.74, 6) is 0. The number of benzene rings is 1. The summed E-state index contributed by atoms with van der Waals surface area (Å²) in [5, 5.41) is 0. The van der Waals surface area contributed by atoms with Gasteiger partial charge in [-0.2, -0.15) is 0 Å². The van der Waals surface area contributed by atoms with E-state index in [0.717, 1.165) is 12.8 Å². The van der Waals surface area contributed by atoms with Crippen LogP contribution in [0.3, 0.4) is 0 Å². The molecule has 0 fully saturated rings. The van der Waals surface area contributed by atoms with Gasteiger partial charge in [-0.1, -0.05) is 43.2 Å². The number of aryl methyl sites for hydroxylation is 3. The first-order valence-corrected chi connectivity index (χ1v) is 5.80. The van der Waals surface area contributed by atoms with Crippen LogP contribution in [0.2, 0.25) is 0 Å². The molecule has 0 unspecified atom stereocenters. The number of hydrogen-bond acceptors (Lipinski definition) is 0. The van der Waals surface area contributed by atoms with E-state index in [4.69, 9.17) is 0 Å². The third-order valence-corrected chi connectivity index (χ3v) is 2.32. The Bertz CT molecular complexity index is 308.